The van der Waals surface area contributed by atoms with Crippen LogP contribution in [0.1, 0.15) is 46.0 Å². The van der Waals surface area contributed by atoms with E-state index in [-0.39, 0.29) is 18.2 Å². The summed E-state index contributed by atoms with van der Waals surface area (Å²) in [6.07, 6.45) is 1.91. The zero-order valence-electron chi connectivity index (χ0n) is 19.9. The predicted molar refractivity (Wildman–Crippen MR) is 133 cm³/mol. The van der Waals surface area contributed by atoms with E-state index in [0.717, 1.165) is 17.5 Å². The van der Waals surface area contributed by atoms with Crippen LogP contribution >= 0.6 is 11.3 Å². The number of esters is 1. The largest absolute Gasteiger partial charge is 0.493 e. The minimum absolute atomic E-state index is 0.0975. The first-order chi connectivity index (χ1) is 16.4. The summed E-state index contributed by atoms with van der Waals surface area (Å²) < 4.78 is 16.9. The van der Waals surface area contributed by atoms with Gasteiger partial charge >= 0.3 is 5.97 Å². The normalized spacial score (nSPS) is 13.9. The number of thiophene rings is 1. The predicted octanol–water partition coefficient (Wildman–Crippen LogP) is 5.61. The number of ketones is 1. The van der Waals surface area contributed by atoms with Crippen LogP contribution in [0.5, 0.6) is 11.5 Å². The van der Waals surface area contributed by atoms with E-state index in [1.54, 1.807) is 43.6 Å². The third-order valence-corrected chi connectivity index (χ3v) is 7.16. The molecule has 2 aromatic carbocycles. The maximum atomic E-state index is 13.4. The van der Waals surface area contributed by atoms with E-state index >= 15 is 0 Å². The maximum Gasteiger partial charge on any atom is 0.313 e. The van der Waals surface area contributed by atoms with Gasteiger partial charge in [0.05, 0.1) is 25.7 Å². The van der Waals surface area contributed by atoms with Gasteiger partial charge in [0.15, 0.2) is 17.3 Å². The van der Waals surface area contributed by atoms with Crippen molar-refractivity contribution < 1.29 is 23.8 Å². The molecule has 178 valence electrons. The van der Waals surface area contributed by atoms with E-state index in [1.807, 2.05) is 6.07 Å². The highest BCUT2D eigenvalue weighted by atomic mass is 32.1. The molecule has 0 amide bonds. The summed E-state index contributed by atoms with van der Waals surface area (Å²) in [5.41, 5.74) is 4.33. The van der Waals surface area contributed by atoms with Gasteiger partial charge in [-0.2, -0.15) is 11.3 Å². The van der Waals surface area contributed by atoms with Crippen LogP contribution in [0.15, 0.2) is 53.2 Å². The van der Waals surface area contributed by atoms with Gasteiger partial charge < -0.3 is 14.2 Å². The Bertz CT molecular complexity index is 1160. The van der Waals surface area contributed by atoms with Gasteiger partial charge in [0.25, 0.3) is 0 Å². The zero-order valence-corrected chi connectivity index (χ0v) is 20.7. The van der Waals surface area contributed by atoms with E-state index in [2.05, 4.69) is 35.9 Å². The number of ether oxygens (including phenoxy) is 3. The Kier molecular flexibility index (Phi) is 7.37. The van der Waals surface area contributed by atoms with E-state index in [9.17, 15) is 9.59 Å². The van der Waals surface area contributed by atoms with Crippen LogP contribution in [0, 0.1) is 12.3 Å². The molecule has 34 heavy (non-hydrogen) atoms. The molecule has 0 unspecified atom stereocenters. The highest BCUT2D eigenvalue weighted by molar-refractivity contribution is 7.08. The molecule has 1 aromatic heterocycles. The molecule has 1 aliphatic rings. The fourth-order valence-corrected chi connectivity index (χ4v) is 5.46. The molecule has 0 saturated heterocycles. The molecule has 0 saturated carbocycles. The maximum absolute atomic E-state index is 13.4. The van der Waals surface area contributed by atoms with Crippen LogP contribution in [0.3, 0.4) is 0 Å². The van der Waals surface area contributed by atoms with Crippen molar-refractivity contribution >= 4 is 23.1 Å². The summed E-state index contributed by atoms with van der Waals surface area (Å²) in [5.74, 6) is 0.695. The lowest BCUT2D eigenvalue weighted by atomic mass is 9.78. The van der Waals surface area contributed by atoms with Crippen molar-refractivity contribution in [1.29, 1.82) is 0 Å². The van der Waals surface area contributed by atoms with Crippen LogP contribution in [0.4, 0.5) is 0 Å². The monoisotopic (exact) mass is 478 g/mol. The molecule has 1 heterocycles. The number of Topliss-reactive ketones (excluding diaryl/α,β-unsaturated/α-hetero) is 1. The number of hydrogen-bond acceptors (Lipinski definition) is 6. The molecule has 0 fully saturated rings. The van der Waals surface area contributed by atoms with Crippen molar-refractivity contribution in [2.24, 2.45) is 5.41 Å². The standard InChI is InChI=1S/C28H30O5S/c1-4-32-27(30)28(14-22-17-34-18-23(22)15-28)16-24(29)21-8-9-25(31-3)26(13-21)33-11-10-20-7-5-6-19(2)12-20/h5-9,12-13,17-18H,4,10-11,14-16H2,1-3H3. The van der Waals surface area contributed by atoms with Gasteiger partial charge in [-0.25, -0.2) is 0 Å². The molecule has 5 nitrogen and oxygen atoms in total. The highest BCUT2D eigenvalue weighted by Crippen LogP contribution is 2.43. The molecule has 1 aliphatic carbocycles. The summed E-state index contributed by atoms with van der Waals surface area (Å²) in [5, 5.41) is 4.13. The Morgan fingerprint density at radius 3 is 2.47 bits per heavy atom. The Morgan fingerprint density at radius 1 is 1.03 bits per heavy atom. The summed E-state index contributed by atoms with van der Waals surface area (Å²) in [6, 6.07) is 13.5. The van der Waals surface area contributed by atoms with Crippen molar-refractivity contribution in [2.75, 3.05) is 20.3 Å². The lowest BCUT2D eigenvalue weighted by molar-refractivity contribution is -0.154. The van der Waals surface area contributed by atoms with Gasteiger partial charge in [0, 0.05) is 18.4 Å². The molecule has 0 bridgehead atoms. The first kappa shape index (κ1) is 24.0. The van der Waals surface area contributed by atoms with Crippen LogP contribution in [0.25, 0.3) is 0 Å². The van der Waals surface area contributed by atoms with Crippen LogP contribution < -0.4 is 9.47 Å². The smallest absolute Gasteiger partial charge is 0.313 e. The highest BCUT2D eigenvalue weighted by Gasteiger charge is 2.47. The van der Waals surface area contributed by atoms with Crippen molar-refractivity contribution in [3.05, 3.63) is 81.0 Å². The molecule has 6 heteroatoms. The third-order valence-electron chi connectivity index (χ3n) is 6.31. The van der Waals surface area contributed by atoms with Crippen molar-refractivity contribution in [1.82, 2.24) is 0 Å². The van der Waals surface area contributed by atoms with Gasteiger partial charge in [-0.15, -0.1) is 0 Å². The molecule has 4 rings (SSSR count). The number of carbonyl (C=O) groups excluding carboxylic acids is 2. The number of methoxy groups -OCH3 is 1. The fraction of sp³-hybridized carbons (Fsp3) is 0.357. The van der Waals surface area contributed by atoms with Crippen molar-refractivity contribution in [3.8, 4) is 11.5 Å². The molecule has 0 spiro atoms. The molecule has 0 aliphatic heterocycles. The number of rotatable bonds is 10. The fourth-order valence-electron chi connectivity index (χ4n) is 4.60. The molecular weight excluding hydrogens is 448 g/mol. The van der Waals surface area contributed by atoms with Gasteiger partial charge in [-0.3, -0.25) is 9.59 Å². The second kappa shape index (κ2) is 10.4. The van der Waals surface area contributed by atoms with Crippen LogP contribution in [-0.4, -0.2) is 32.1 Å². The Labute approximate surface area is 204 Å². The Morgan fingerprint density at radius 2 is 1.79 bits per heavy atom. The second-order valence-corrected chi connectivity index (χ2v) is 9.57. The van der Waals surface area contributed by atoms with Gasteiger partial charge in [0.2, 0.25) is 0 Å². The molecule has 0 radical (unpaired) electrons. The molecule has 0 atom stereocenters. The van der Waals surface area contributed by atoms with E-state index in [1.165, 1.54) is 11.1 Å². The lowest BCUT2D eigenvalue weighted by Crippen LogP contribution is -2.36. The van der Waals surface area contributed by atoms with Crippen molar-refractivity contribution in [3.63, 3.8) is 0 Å². The zero-order chi connectivity index (χ0) is 24.1. The summed E-state index contributed by atoms with van der Waals surface area (Å²) in [4.78, 5) is 26.3. The number of carbonyl (C=O) groups is 2. The number of fused-ring (bicyclic) bond motifs is 1. The average Bonchev–Trinajstić information content (AvgIpc) is 3.39. The van der Waals surface area contributed by atoms with Crippen LogP contribution in [0.2, 0.25) is 0 Å². The minimum Gasteiger partial charge on any atom is -0.493 e. The van der Waals surface area contributed by atoms with Crippen LogP contribution in [-0.2, 0) is 28.8 Å². The third kappa shape index (κ3) is 5.17. The number of benzene rings is 2. The quantitative estimate of drug-likeness (QED) is 0.280. The van der Waals surface area contributed by atoms with Gasteiger partial charge in [-0.1, -0.05) is 29.8 Å². The summed E-state index contributed by atoms with van der Waals surface area (Å²) >= 11 is 1.63. The Hall–Kier alpha value is -3.12. The minimum atomic E-state index is -0.849. The van der Waals surface area contributed by atoms with E-state index < -0.39 is 5.41 Å². The number of hydrogen-bond donors (Lipinski definition) is 0. The average molecular weight is 479 g/mol. The lowest BCUT2D eigenvalue weighted by Gasteiger charge is -2.26. The first-order valence-corrected chi connectivity index (χ1v) is 12.5. The summed E-state index contributed by atoms with van der Waals surface area (Å²) in [7, 11) is 1.58. The van der Waals surface area contributed by atoms with E-state index in [4.69, 9.17) is 14.2 Å². The topological polar surface area (TPSA) is 61.8 Å². The summed E-state index contributed by atoms with van der Waals surface area (Å²) in [6.45, 7) is 4.61. The van der Waals surface area contributed by atoms with Crippen molar-refractivity contribution in [2.45, 2.75) is 39.5 Å². The molecule has 0 N–H and O–H groups in total. The molecule has 3 aromatic rings. The van der Waals surface area contributed by atoms with Gasteiger partial charge in [-0.05, 0) is 72.3 Å². The van der Waals surface area contributed by atoms with Gasteiger partial charge in [0.1, 0.15) is 0 Å². The van der Waals surface area contributed by atoms with E-state index in [0.29, 0.717) is 43.1 Å². The SMILES string of the molecule is CCOC(=O)C1(CC(=O)c2ccc(OC)c(OCCc3cccc(C)c3)c2)Cc2cscc2C1. The Balaban J connectivity index is 1.49. The molecular formula is C28H30O5S. The number of aryl methyl sites for hydroxylation is 1. The first-order valence-electron chi connectivity index (χ1n) is 11.5. The second-order valence-electron chi connectivity index (χ2n) is 8.83.